The quantitative estimate of drug-likeness (QED) is 0.644. The highest BCUT2D eigenvalue weighted by molar-refractivity contribution is 6.32. The van der Waals surface area contributed by atoms with Gasteiger partial charge in [-0.3, -0.25) is 0 Å². The Labute approximate surface area is 98.0 Å². The fourth-order valence-electron chi connectivity index (χ4n) is 1.45. The van der Waals surface area contributed by atoms with Crippen LogP contribution in [0.25, 0.3) is 0 Å². The first-order valence-corrected chi connectivity index (χ1v) is 5.46. The second kappa shape index (κ2) is 4.51. The van der Waals surface area contributed by atoms with Crippen LogP contribution in [0.1, 0.15) is 12.0 Å². The van der Waals surface area contributed by atoms with Gasteiger partial charge in [-0.05, 0) is 24.9 Å². The molecule has 1 aliphatic heterocycles. The SMILES string of the molecule is Cc1c(Cl)nc(Cl)nc1NC1CCOC1. The molecule has 1 unspecified atom stereocenters. The lowest BCUT2D eigenvalue weighted by molar-refractivity contribution is 0.195. The Morgan fingerprint density at radius 2 is 2.20 bits per heavy atom. The molecule has 0 amide bonds. The first kappa shape index (κ1) is 10.9. The number of hydrogen-bond acceptors (Lipinski definition) is 4. The third-order valence-corrected chi connectivity index (χ3v) is 2.87. The van der Waals surface area contributed by atoms with Gasteiger partial charge in [0.2, 0.25) is 5.28 Å². The second-order valence-corrected chi connectivity index (χ2v) is 4.16. The van der Waals surface area contributed by atoms with Crippen molar-refractivity contribution in [3.63, 3.8) is 0 Å². The summed E-state index contributed by atoms with van der Waals surface area (Å²) >= 11 is 11.6. The number of rotatable bonds is 2. The van der Waals surface area contributed by atoms with E-state index < -0.39 is 0 Å². The van der Waals surface area contributed by atoms with Gasteiger partial charge in [0.1, 0.15) is 11.0 Å². The number of nitrogens with zero attached hydrogens (tertiary/aromatic N) is 2. The molecule has 1 aromatic rings. The summed E-state index contributed by atoms with van der Waals surface area (Å²) in [6.45, 7) is 3.33. The van der Waals surface area contributed by atoms with Crippen molar-refractivity contribution < 1.29 is 4.74 Å². The summed E-state index contributed by atoms with van der Waals surface area (Å²) in [5.74, 6) is 0.690. The van der Waals surface area contributed by atoms with Gasteiger partial charge in [-0.2, -0.15) is 0 Å². The highest BCUT2D eigenvalue weighted by Crippen LogP contribution is 2.23. The van der Waals surface area contributed by atoms with Crippen LogP contribution in [-0.2, 0) is 4.74 Å². The standard InChI is InChI=1S/C9H11Cl2N3O/c1-5-7(10)13-9(11)14-8(5)12-6-2-3-15-4-6/h6H,2-4H2,1H3,(H,12,13,14). The molecule has 1 N–H and O–H groups in total. The molecule has 0 bridgehead atoms. The molecule has 15 heavy (non-hydrogen) atoms. The summed E-state index contributed by atoms with van der Waals surface area (Å²) in [6, 6.07) is 0.283. The maximum atomic E-state index is 5.90. The van der Waals surface area contributed by atoms with Gasteiger partial charge < -0.3 is 10.1 Å². The molecule has 0 saturated carbocycles. The Balaban J connectivity index is 2.19. The van der Waals surface area contributed by atoms with Crippen LogP contribution in [0, 0.1) is 6.92 Å². The Morgan fingerprint density at radius 1 is 1.40 bits per heavy atom. The fraction of sp³-hybridized carbons (Fsp3) is 0.556. The first-order valence-electron chi connectivity index (χ1n) is 4.70. The number of anilines is 1. The van der Waals surface area contributed by atoms with Crippen molar-refractivity contribution >= 4 is 29.0 Å². The van der Waals surface area contributed by atoms with Crippen LogP contribution in [0.5, 0.6) is 0 Å². The number of halogens is 2. The third kappa shape index (κ3) is 2.51. The molecule has 1 fully saturated rings. The van der Waals surface area contributed by atoms with Gasteiger partial charge >= 0.3 is 0 Å². The van der Waals surface area contributed by atoms with E-state index in [9.17, 15) is 0 Å². The van der Waals surface area contributed by atoms with E-state index in [2.05, 4.69) is 15.3 Å². The molecule has 0 spiro atoms. The van der Waals surface area contributed by atoms with Crippen LogP contribution in [0.4, 0.5) is 5.82 Å². The Morgan fingerprint density at radius 3 is 2.87 bits per heavy atom. The van der Waals surface area contributed by atoms with Crippen LogP contribution in [0.3, 0.4) is 0 Å². The van der Waals surface area contributed by atoms with Crippen LogP contribution in [0.2, 0.25) is 10.4 Å². The van der Waals surface area contributed by atoms with Crippen LogP contribution < -0.4 is 5.32 Å². The number of aromatic nitrogens is 2. The predicted molar refractivity (Wildman–Crippen MR) is 59.6 cm³/mol. The number of hydrogen-bond donors (Lipinski definition) is 1. The van der Waals surface area contributed by atoms with Crippen molar-refractivity contribution in [1.29, 1.82) is 0 Å². The van der Waals surface area contributed by atoms with Crippen LogP contribution in [-0.4, -0.2) is 29.2 Å². The normalized spacial score (nSPS) is 20.6. The Bertz CT molecular complexity index is 367. The minimum absolute atomic E-state index is 0.159. The maximum absolute atomic E-state index is 5.90. The topological polar surface area (TPSA) is 47.0 Å². The van der Waals surface area contributed by atoms with E-state index in [1.165, 1.54) is 0 Å². The lowest BCUT2D eigenvalue weighted by Crippen LogP contribution is -2.20. The van der Waals surface area contributed by atoms with E-state index in [0.717, 1.165) is 18.6 Å². The summed E-state index contributed by atoms with van der Waals surface area (Å²) in [7, 11) is 0. The fourth-order valence-corrected chi connectivity index (χ4v) is 1.83. The van der Waals surface area contributed by atoms with Gasteiger partial charge in [-0.15, -0.1) is 0 Å². The zero-order valence-electron chi connectivity index (χ0n) is 8.26. The highest BCUT2D eigenvalue weighted by atomic mass is 35.5. The molecule has 1 aliphatic rings. The number of nitrogens with one attached hydrogen (secondary N) is 1. The molecule has 4 nitrogen and oxygen atoms in total. The van der Waals surface area contributed by atoms with Crippen LogP contribution >= 0.6 is 23.2 Å². The van der Waals surface area contributed by atoms with Crippen molar-refractivity contribution in [2.45, 2.75) is 19.4 Å². The summed E-state index contributed by atoms with van der Waals surface area (Å²) in [4.78, 5) is 7.96. The van der Waals surface area contributed by atoms with Gasteiger partial charge in [0, 0.05) is 12.2 Å². The molecular weight excluding hydrogens is 237 g/mol. The van der Waals surface area contributed by atoms with Gasteiger partial charge in [0.25, 0.3) is 0 Å². The van der Waals surface area contributed by atoms with Crippen LogP contribution in [0.15, 0.2) is 0 Å². The molecule has 0 aromatic carbocycles. The number of ether oxygens (including phenoxy) is 1. The molecule has 6 heteroatoms. The Kier molecular flexibility index (Phi) is 3.29. The molecular formula is C9H11Cl2N3O. The first-order chi connectivity index (χ1) is 7.16. The lowest BCUT2D eigenvalue weighted by Gasteiger charge is -2.13. The van der Waals surface area contributed by atoms with E-state index in [1.54, 1.807) is 0 Å². The van der Waals surface area contributed by atoms with Gasteiger partial charge in [0.15, 0.2) is 0 Å². The lowest BCUT2D eigenvalue weighted by atomic mass is 10.2. The van der Waals surface area contributed by atoms with E-state index in [4.69, 9.17) is 27.9 Å². The monoisotopic (exact) mass is 247 g/mol. The summed E-state index contributed by atoms with van der Waals surface area (Å²) in [5, 5.41) is 3.79. The largest absolute Gasteiger partial charge is 0.379 e. The zero-order valence-corrected chi connectivity index (χ0v) is 9.77. The molecule has 0 radical (unpaired) electrons. The summed E-state index contributed by atoms with van der Waals surface area (Å²) < 4.78 is 5.26. The molecule has 0 aliphatic carbocycles. The molecule has 1 aromatic heterocycles. The second-order valence-electron chi connectivity index (χ2n) is 3.46. The van der Waals surface area contributed by atoms with Crippen molar-refractivity contribution in [1.82, 2.24) is 9.97 Å². The van der Waals surface area contributed by atoms with E-state index in [-0.39, 0.29) is 11.3 Å². The van der Waals surface area contributed by atoms with Gasteiger partial charge in [0.05, 0.1) is 12.6 Å². The van der Waals surface area contributed by atoms with E-state index in [0.29, 0.717) is 17.6 Å². The minimum Gasteiger partial charge on any atom is -0.379 e. The maximum Gasteiger partial charge on any atom is 0.225 e. The van der Waals surface area contributed by atoms with Crippen molar-refractivity contribution in [2.24, 2.45) is 0 Å². The minimum atomic E-state index is 0.159. The van der Waals surface area contributed by atoms with Gasteiger partial charge in [-0.25, -0.2) is 9.97 Å². The molecule has 2 heterocycles. The smallest absolute Gasteiger partial charge is 0.225 e. The summed E-state index contributed by atoms with van der Waals surface area (Å²) in [6.07, 6.45) is 0.971. The van der Waals surface area contributed by atoms with Crippen molar-refractivity contribution in [3.05, 3.63) is 16.0 Å². The molecule has 82 valence electrons. The molecule has 1 atom stereocenters. The third-order valence-electron chi connectivity index (χ3n) is 2.33. The highest BCUT2D eigenvalue weighted by Gasteiger charge is 2.18. The van der Waals surface area contributed by atoms with Gasteiger partial charge in [-0.1, -0.05) is 11.6 Å². The van der Waals surface area contributed by atoms with E-state index in [1.807, 2.05) is 6.92 Å². The predicted octanol–water partition coefficient (Wildman–Crippen LogP) is 2.29. The van der Waals surface area contributed by atoms with Crippen molar-refractivity contribution in [2.75, 3.05) is 18.5 Å². The summed E-state index contributed by atoms with van der Waals surface area (Å²) in [5.41, 5.74) is 0.813. The van der Waals surface area contributed by atoms with E-state index >= 15 is 0 Å². The molecule has 2 rings (SSSR count). The average Bonchev–Trinajstić information content (AvgIpc) is 2.66. The zero-order chi connectivity index (χ0) is 10.8. The average molecular weight is 248 g/mol. The Hall–Kier alpha value is -0.580. The molecule has 1 saturated heterocycles. The van der Waals surface area contributed by atoms with Crippen molar-refractivity contribution in [3.8, 4) is 0 Å².